The molecule has 1 heterocycles. The van der Waals surface area contributed by atoms with Gasteiger partial charge in [-0.3, -0.25) is 9.59 Å². The normalized spacial score (nSPS) is 18.2. The van der Waals surface area contributed by atoms with Crippen molar-refractivity contribution >= 4 is 37.8 Å². The van der Waals surface area contributed by atoms with Crippen LogP contribution in [0.25, 0.3) is 0 Å². The predicted octanol–water partition coefficient (Wildman–Crippen LogP) is 1.02. The van der Waals surface area contributed by atoms with Crippen LogP contribution in [-0.4, -0.2) is 69.7 Å². The SMILES string of the molecule is CN(C)S(=O)(=O)c1cc(C(=O)NCCCN2CCCC(C(N)=O)C2)ccc1Br. The number of nitrogens with two attached hydrogens (primary N) is 1. The van der Waals surface area contributed by atoms with Gasteiger partial charge in [0.25, 0.3) is 5.91 Å². The van der Waals surface area contributed by atoms with E-state index in [9.17, 15) is 18.0 Å². The molecule has 3 N–H and O–H groups in total. The van der Waals surface area contributed by atoms with Gasteiger partial charge in [0.1, 0.15) is 0 Å². The number of nitrogens with zero attached hydrogens (tertiary/aromatic N) is 2. The summed E-state index contributed by atoms with van der Waals surface area (Å²) in [6.45, 7) is 2.82. The summed E-state index contributed by atoms with van der Waals surface area (Å²) in [6, 6.07) is 4.51. The van der Waals surface area contributed by atoms with Crippen molar-refractivity contribution in [1.29, 1.82) is 0 Å². The van der Waals surface area contributed by atoms with Gasteiger partial charge in [-0.2, -0.15) is 0 Å². The molecule has 0 bridgehead atoms. The number of amides is 2. The molecule has 2 rings (SSSR count). The summed E-state index contributed by atoms with van der Waals surface area (Å²) >= 11 is 3.23. The van der Waals surface area contributed by atoms with Gasteiger partial charge >= 0.3 is 0 Å². The fourth-order valence-corrected chi connectivity index (χ4v) is 4.98. The second-order valence-electron chi connectivity index (χ2n) is 7.08. The van der Waals surface area contributed by atoms with Crippen molar-refractivity contribution in [1.82, 2.24) is 14.5 Å². The van der Waals surface area contributed by atoms with Gasteiger partial charge in [-0.05, 0) is 66.5 Å². The van der Waals surface area contributed by atoms with E-state index in [-0.39, 0.29) is 28.2 Å². The van der Waals surface area contributed by atoms with Crippen molar-refractivity contribution in [2.75, 3.05) is 40.3 Å². The first-order chi connectivity index (χ1) is 13.1. The van der Waals surface area contributed by atoms with Gasteiger partial charge in [-0.25, -0.2) is 12.7 Å². The van der Waals surface area contributed by atoms with Crippen molar-refractivity contribution in [3.05, 3.63) is 28.2 Å². The van der Waals surface area contributed by atoms with Crippen LogP contribution in [-0.2, 0) is 14.8 Å². The molecular formula is C18H27BrN4O4S. The highest BCUT2D eigenvalue weighted by Crippen LogP contribution is 2.25. The third-order valence-corrected chi connectivity index (χ3v) is 7.61. The maximum Gasteiger partial charge on any atom is 0.251 e. The first kappa shape index (κ1) is 22.8. The number of likely N-dealkylation sites (tertiary alicyclic amines) is 1. The van der Waals surface area contributed by atoms with E-state index in [2.05, 4.69) is 26.1 Å². The molecule has 28 heavy (non-hydrogen) atoms. The van der Waals surface area contributed by atoms with E-state index in [0.29, 0.717) is 17.6 Å². The molecule has 1 aliphatic rings. The number of nitrogens with one attached hydrogen (secondary N) is 1. The molecule has 0 saturated carbocycles. The molecule has 1 fully saturated rings. The van der Waals surface area contributed by atoms with Gasteiger partial charge in [0.2, 0.25) is 15.9 Å². The van der Waals surface area contributed by atoms with Crippen molar-refractivity contribution < 1.29 is 18.0 Å². The number of carbonyl (C=O) groups is 2. The number of hydrogen-bond donors (Lipinski definition) is 2. The molecule has 10 heteroatoms. The van der Waals surface area contributed by atoms with Gasteiger partial charge in [-0.15, -0.1) is 0 Å². The van der Waals surface area contributed by atoms with Crippen molar-refractivity contribution in [2.45, 2.75) is 24.2 Å². The number of rotatable bonds is 8. The van der Waals surface area contributed by atoms with Crippen LogP contribution in [0.15, 0.2) is 27.6 Å². The Balaban J connectivity index is 1.89. The summed E-state index contributed by atoms with van der Waals surface area (Å²) in [5.74, 6) is -0.670. The quantitative estimate of drug-likeness (QED) is 0.546. The molecule has 1 aromatic rings. The molecule has 8 nitrogen and oxygen atoms in total. The molecule has 156 valence electrons. The zero-order chi connectivity index (χ0) is 20.9. The molecule has 2 amide bonds. The average molecular weight is 475 g/mol. The van der Waals surface area contributed by atoms with Crippen LogP contribution in [0.2, 0.25) is 0 Å². The molecule has 1 aromatic carbocycles. The third kappa shape index (κ3) is 5.76. The smallest absolute Gasteiger partial charge is 0.251 e. The van der Waals surface area contributed by atoms with Crippen molar-refractivity contribution in [3.8, 4) is 0 Å². The van der Waals surface area contributed by atoms with E-state index in [1.165, 1.54) is 20.2 Å². The Kier molecular flexibility index (Phi) is 7.99. The number of halogens is 1. The number of piperidine rings is 1. The van der Waals surface area contributed by atoms with Gasteiger partial charge in [-0.1, -0.05) is 0 Å². The third-order valence-electron chi connectivity index (χ3n) is 4.80. The van der Waals surface area contributed by atoms with Gasteiger partial charge in [0.15, 0.2) is 0 Å². The maximum absolute atomic E-state index is 12.4. The van der Waals surface area contributed by atoms with Crippen LogP contribution in [0.3, 0.4) is 0 Å². The Labute approximate surface area is 174 Å². The molecule has 1 atom stereocenters. The molecule has 1 aliphatic heterocycles. The van der Waals surface area contributed by atoms with Crippen LogP contribution in [0.1, 0.15) is 29.6 Å². The summed E-state index contributed by atoms with van der Waals surface area (Å²) in [5.41, 5.74) is 5.68. The summed E-state index contributed by atoms with van der Waals surface area (Å²) in [7, 11) is -0.769. The fourth-order valence-electron chi connectivity index (χ4n) is 3.14. The zero-order valence-corrected chi connectivity index (χ0v) is 18.6. The lowest BCUT2D eigenvalue weighted by Gasteiger charge is -2.31. The Morgan fingerprint density at radius 1 is 1.36 bits per heavy atom. The highest BCUT2D eigenvalue weighted by Gasteiger charge is 2.24. The van der Waals surface area contributed by atoms with Gasteiger partial charge in [0, 0.05) is 37.2 Å². The van der Waals surface area contributed by atoms with Crippen LogP contribution in [0.5, 0.6) is 0 Å². The first-order valence-corrected chi connectivity index (χ1v) is 11.4. The standard InChI is InChI=1S/C18H27BrN4O4S/c1-22(2)28(26,27)16-11-13(6-7-15(16)19)18(25)21-8-4-10-23-9-3-5-14(12-23)17(20)24/h6-7,11,14H,3-5,8-10,12H2,1-2H3,(H2,20,24)(H,21,25). The molecule has 0 aromatic heterocycles. The highest BCUT2D eigenvalue weighted by atomic mass is 79.9. The Bertz CT molecular complexity index is 829. The minimum Gasteiger partial charge on any atom is -0.369 e. The minimum atomic E-state index is -3.65. The Morgan fingerprint density at radius 2 is 2.07 bits per heavy atom. The molecular weight excluding hydrogens is 448 g/mol. The molecule has 1 unspecified atom stereocenters. The summed E-state index contributed by atoms with van der Waals surface area (Å²) in [5, 5.41) is 2.82. The topological polar surface area (TPSA) is 113 Å². The van der Waals surface area contributed by atoms with Crippen LogP contribution >= 0.6 is 15.9 Å². The lowest BCUT2D eigenvalue weighted by molar-refractivity contribution is -0.123. The van der Waals surface area contributed by atoms with E-state index in [4.69, 9.17) is 5.73 Å². The second-order valence-corrected chi connectivity index (χ2v) is 10.1. The zero-order valence-electron chi connectivity index (χ0n) is 16.2. The number of carbonyl (C=O) groups excluding carboxylic acids is 2. The van der Waals surface area contributed by atoms with Crippen LogP contribution < -0.4 is 11.1 Å². The fraction of sp³-hybridized carbons (Fsp3) is 0.556. The molecule has 0 radical (unpaired) electrons. The van der Waals surface area contributed by atoms with Crippen LogP contribution in [0, 0.1) is 5.92 Å². The van der Waals surface area contributed by atoms with E-state index in [1.54, 1.807) is 12.1 Å². The van der Waals surface area contributed by atoms with Crippen molar-refractivity contribution in [3.63, 3.8) is 0 Å². The Morgan fingerprint density at radius 3 is 2.71 bits per heavy atom. The first-order valence-electron chi connectivity index (χ1n) is 9.15. The lowest BCUT2D eigenvalue weighted by Crippen LogP contribution is -2.42. The number of hydrogen-bond acceptors (Lipinski definition) is 5. The largest absolute Gasteiger partial charge is 0.369 e. The minimum absolute atomic E-state index is 0.0518. The number of benzene rings is 1. The van der Waals surface area contributed by atoms with E-state index >= 15 is 0 Å². The lowest BCUT2D eigenvalue weighted by atomic mass is 9.97. The number of sulfonamides is 1. The average Bonchev–Trinajstić information content (AvgIpc) is 2.65. The van der Waals surface area contributed by atoms with Crippen molar-refractivity contribution in [2.24, 2.45) is 11.7 Å². The summed E-state index contributed by atoms with van der Waals surface area (Å²) in [4.78, 5) is 26.0. The Hall–Kier alpha value is -1.49. The molecule has 0 aliphatic carbocycles. The van der Waals surface area contributed by atoms with Gasteiger partial charge in [0.05, 0.1) is 10.8 Å². The monoisotopic (exact) mass is 474 g/mol. The van der Waals surface area contributed by atoms with Crippen LogP contribution in [0.4, 0.5) is 0 Å². The number of primary amides is 1. The predicted molar refractivity (Wildman–Crippen MR) is 110 cm³/mol. The molecule has 1 saturated heterocycles. The summed E-state index contributed by atoms with van der Waals surface area (Å²) < 4.78 is 26.2. The highest BCUT2D eigenvalue weighted by molar-refractivity contribution is 9.10. The maximum atomic E-state index is 12.4. The van der Waals surface area contributed by atoms with E-state index in [1.807, 2.05) is 0 Å². The van der Waals surface area contributed by atoms with E-state index < -0.39 is 10.0 Å². The van der Waals surface area contributed by atoms with Gasteiger partial charge < -0.3 is 16.0 Å². The molecule has 0 spiro atoms. The van der Waals surface area contributed by atoms with E-state index in [0.717, 1.165) is 36.7 Å². The summed E-state index contributed by atoms with van der Waals surface area (Å²) in [6.07, 6.45) is 2.52. The second kappa shape index (κ2) is 9.82.